The first kappa shape index (κ1) is 28.1. The minimum atomic E-state index is -2.16. The average Bonchev–Trinajstić information content (AvgIpc) is 3.40. The Morgan fingerprint density at radius 2 is 1.97 bits per heavy atom. The number of terminal acetylenes is 1. The monoisotopic (exact) mass is 557 g/mol. The van der Waals surface area contributed by atoms with Crippen LogP contribution in [0.5, 0.6) is 0 Å². The number of carboxylic acids is 1. The molecule has 1 aromatic carbocycles. The molecule has 5 atom stereocenters. The second-order valence-electron chi connectivity index (χ2n) is 8.84. The van der Waals surface area contributed by atoms with Crippen LogP contribution in [0.3, 0.4) is 0 Å². The van der Waals surface area contributed by atoms with E-state index >= 15 is 0 Å². The van der Waals surface area contributed by atoms with E-state index in [1.165, 1.54) is 10.9 Å². The molecule has 4 heterocycles. The van der Waals surface area contributed by atoms with Crippen molar-refractivity contribution in [2.24, 2.45) is 0 Å². The molecular weight excluding hydrogens is 534 g/mol. The summed E-state index contributed by atoms with van der Waals surface area (Å²) >= 11 is 6.16. The van der Waals surface area contributed by atoms with Gasteiger partial charge in [0, 0.05) is 19.5 Å². The summed E-state index contributed by atoms with van der Waals surface area (Å²) in [5.41, 5.74) is -0.627. The maximum absolute atomic E-state index is 11.8. The summed E-state index contributed by atoms with van der Waals surface area (Å²) in [5.74, 6) is 1.59. The molecule has 2 saturated heterocycles. The number of aromatic nitrogens is 4. The zero-order valence-corrected chi connectivity index (χ0v) is 21.1. The third-order valence-electron chi connectivity index (χ3n) is 6.54. The largest absolute Gasteiger partial charge is 0.479 e. The second-order valence-corrected chi connectivity index (χ2v) is 9.18. The van der Waals surface area contributed by atoms with Gasteiger partial charge in [-0.15, -0.1) is 6.42 Å². The van der Waals surface area contributed by atoms with Crippen LogP contribution in [0.15, 0.2) is 36.7 Å². The van der Waals surface area contributed by atoms with Gasteiger partial charge in [-0.1, -0.05) is 36.3 Å². The van der Waals surface area contributed by atoms with Crippen molar-refractivity contribution in [1.82, 2.24) is 19.5 Å². The van der Waals surface area contributed by atoms with E-state index in [2.05, 4.69) is 20.9 Å². The average molecular weight is 558 g/mol. The molecule has 0 bridgehead atoms. The molecule has 13 nitrogen and oxygen atoms in total. The lowest BCUT2D eigenvalue weighted by Gasteiger charge is -2.32. The summed E-state index contributed by atoms with van der Waals surface area (Å²) in [6, 6.07) is 8.99. The number of carboxylic acid groups (broad SMARTS) is 1. The number of anilines is 1. The summed E-state index contributed by atoms with van der Waals surface area (Å²) in [7, 11) is 0. The lowest BCUT2D eigenvalue weighted by atomic mass is 9.93. The van der Waals surface area contributed by atoms with Gasteiger partial charge >= 0.3 is 12.1 Å². The first-order valence-electron chi connectivity index (χ1n) is 11.8. The lowest BCUT2D eigenvalue weighted by molar-refractivity contribution is -0.191. The fraction of sp³-hybridized carbons (Fsp3) is 0.400. The van der Waals surface area contributed by atoms with E-state index in [0.717, 1.165) is 25.1 Å². The minimum absolute atomic E-state index is 0.00376. The van der Waals surface area contributed by atoms with Crippen molar-refractivity contribution in [1.29, 1.82) is 0 Å². The van der Waals surface area contributed by atoms with Crippen LogP contribution < -0.4 is 4.90 Å². The summed E-state index contributed by atoms with van der Waals surface area (Å²) in [6.45, 7) is 1.24. The van der Waals surface area contributed by atoms with Gasteiger partial charge in [0.15, 0.2) is 34.9 Å². The lowest BCUT2D eigenvalue weighted by Crippen LogP contribution is -2.48. The number of benzene rings is 1. The number of hydrogen-bond acceptors (Lipinski definition) is 11. The molecule has 2 fully saturated rings. The number of hydrogen-bond donors (Lipinski definition) is 3. The molecule has 204 valence electrons. The van der Waals surface area contributed by atoms with Crippen molar-refractivity contribution >= 4 is 40.7 Å². The molecule has 39 heavy (non-hydrogen) atoms. The van der Waals surface area contributed by atoms with Gasteiger partial charge in [0.05, 0.1) is 12.9 Å². The topological polar surface area (TPSA) is 177 Å². The third-order valence-corrected chi connectivity index (χ3v) is 6.71. The fourth-order valence-corrected chi connectivity index (χ4v) is 4.54. The van der Waals surface area contributed by atoms with Crippen LogP contribution in [0.1, 0.15) is 18.2 Å². The normalized spacial score (nSPS) is 24.7. The number of fused-ring (bicyclic) bond motifs is 1. The Morgan fingerprint density at radius 3 is 2.56 bits per heavy atom. The second kappa shape index (κ2) is 11.9. The Labute approximate surface area is 227 Å². The smallest absolute Gasteiger partial charge is 0.373 e. The van der Waals surface area contributed by atoms with Crippen LogP contribution in [0.4, 0.5) is 5.82 Å². The van der Waals surface area contributed by atoms with Gasteiger partial charge in [-0.25, -0.2) is 9.78 Å². The highest BCUT2D eigenvalue weighted by atomic mass is 35.5. The van der Waals surface area contributed by atoms with Crippen molar-refractivity contribution in [2.45, 2.75) is 43.0 Å². The molecule has 0 radical (unpaired) electrons. The Hall–Kier alpha value is -3.89. The molecule has 2 aliphatic heterocycles. The van der Waals surface area contributed by atoms with Gasteiger partial charge in [-0.2, -0.15) is 19.6 Å². The summed E-state index contributed by atoms with van der Waals surface area (Å²) in [6.07, 6.45) is 3.15. The Balaban J connectivity index is 0.00000112. The number of carbonyl (C=O) groups excluding carboxylic acids is 2. The van der Waals surface area contributed by atoms with Crippen LogP contribution in [-0.2, 0) is 30.3 Å². The molecule has 0 saturated carbocycles. The SMILES string of the molecule is C#C[C@@]1(O)[C@@H](COC(Cc2ccccc2)C(=O)O)O[C@@H](n2cnc3c(N4CCC4)nc(Cl)nc32)[C@@H]1O.O=C=O. The number of aliphatic hydroxyl groups excluding tert-OH is 1. The molecule has 2 aromatic heterocycles. The van der Waals surface area contributed by atoms with E-state index in [9.17, 15) is 20.1 Å². The number of carbonyl (C=O) groups is 1. The van der Waals surface area contributed by atoms with Crippen molar-refractivity contribution in [2.75, 3.05) is 24.6 Å². The van der Waals surface area contributed by atoms with E-state index < -0.39 is 36.1 Å². The molecule has 3 N–H and O–H groups in total. The first-order chi connectivity index (χ1) is 18.7. The molecule has 5 rings (SSSR count). The first-order valence-corrected chi connectivity index (χ1v) is 12.2. The van der Waals surface area contributed by atoms with Crippen molar-refractivity contribution in [3.05, 3.63) is 47.5 Å². The van der Waals surface area contributed by atoms with E-state index in [1.54, 1.807) is 24.3 Å². The Kier molecular flexibility index (Phi) is 8.57. The molecule has 1 unspecified atom stereocenters. The van der Waals surface area contributed by atoms with Crippen molar-refractivity contribution in [3.63, 3.8) is 0 Å². The zero-order valence-electron chi connectivity index (χ0n) is 20.4. The Bertz CT molecular complexity index is 1400. The maximum Gasteiger partial charge on any atom is 0.373 e. The highest BCUT2D eigenvalue weighted by molar-refractivity contribution is 6.28. The summed E-state index contributed by atoms with van der Waals surface area (Å²) in [4.78, 5) is 43.0. The molecule has 14 heteroatoms. The molecule has 2 aliphatic rings. The van der Waals surface area contributed by atoms with Gasteiger partial charge < -0.3 is 29.7 Å². The van der Waals surface area contributed by atoms with Gasteiger partial charge in [-0.05, 0) is 23.6 Å². The van der Waals surface area contributed by atoms with Crippen LogP contribution in [0.2, 0.25) is 5.28 Å². The van der Waals surface area contributed by atoms with E-state index in [-0.39, 0.29) is 24.5 Å². The highest BCUT2D eigenvalue weighted by Gasteiger charge is 2.56. The van der Waals surface area contributed by atoms with Gasteiger partial charge in [0.2, 0.25) is 5.28 Å². The third kappa shape index (κ3) is 5.62. The van der Waals surface area contributed by atoms with Crippen LogP contribution in [-0.4, -0.2) is 90.6 Å². The molecule has 0 spiro atoms. The van der Waals surface area contributed by atoms with Gasteiger partial charge in [0.1, 0.15) is 12.2 Å². The van der Waals surface area contributed by atoms with Crippen molar-refractivity contribution in [3.8, 4) is 12.3 Å². The van der Waals surface area contributed by atoms with Gasteiger partial charge in [-0.3, -0.25) is 4.57 Å². The Morgan fingerprint density at radius 1 is 1.28 bits per heavy atom. The fourth-order valence-electron chi connectivity index (χ4n) is 4.38. The van der Waals surface area contributed by atoms with Crippen molar-refractivity contribution < 1.29 is 39.2 Å². The van der Waals surface area contributed by atoms with Crippen LogP contribution in [0.25, 0.3) is 11.2 Å². The van der Waals surface area contributed by atoms with Crippen LogP contribution in [0, 0.1) is 12.3 Å². The molecular formula is C25H24ClN5O8. The summed E-state index contributed by atoms with van der Waals surface area (Å²) < 4.78 is 13.0. The number of rotatable bonds is 8. The zero-order chi connectivity index (χ0) is 28.2. The van der Waals surface area contributed by atoms with E-state index in [1.807, 2.05) is 11.0 Å². The standard InChI is InChI=1S/C24H24ClN5O6.CO2/c1-2-24(34)16(12-35-15(22(32)33)11-14-7-4-3-5-8-14)36-21(18(24)31)30-13-26-17-19(29-9-6-10-29)27-23(25)28-20(17)30;2-1-3/h1,3-5,7-8,13,15-16,18,21,31,34H,6,9-12H2,(H,32,33);/t15?,16-,18+,21-,24-;/m1./s1. The van der Waals surface area contributed by atoms with E-state index in [0.29, 0.717) is 17.0 Å². The predicted octanol–water partition coefficient (Wildman–Crippen LogP) is 0.441. The number of halogens is 1. The highest BCUT2D eigenvalue weighted by Crippen LogP contribution is 2.39. The number of imidazole rings is 1. The van der Waals surface area contributed by atoms with Crippen LogP contribution >= 0.6 is 11.6 Å². The quantitative estimate of drug-likeness (QED) is 0.257. The number of nitrogens with zero attached hydrogens (tertiary/aromatic N) is 5. The number of ether oxygens (including phenoxy) is 2. The molecule has 0 amide bonds. The minimum Gasteiger partial charge on any atom is -0.479 e. The van der Waals surface area contributed by atoms with Gasteiger partial charge in [0.25, 0.3) is 0 Å². The number of aliphatic hydroxyl groups is 2. The predicted molar refractivity (Wildman–Crippen MR) is 133 cm³/mol. The van der Waals surface area contributed by atoms with E-state index in [4.69, 9.17) is 37.1 Å². The maximum atomic E-state index is 11.8. The molecule has 0 aliphatic carbocycles. The summed E-state index contributed by atoms with van der Waals surface area (Å²) in [5, 5.41) is 31.7. The molecule has 3 aromatic rings. The number of aliphatic carboxylic acids is 1.